The van der Waals surface area contributed by atoms with Gasteiger partial charge in [-0.1, -0.05) is 19.9 Å². The Morgan fingerprint density at radius 3 is 2.62 bits per heavy atom. The molecule has 0 bridgehead atoms. The Labute approximate surface area is 110 Å². The van der Waals surface area contributed by atoms with Gasteiger partial charge >= 0.3 is 0 Å². The second-order valence-electron chi connectivity index (χ2n) is 4.23. The molecule has 1 rings (SSSR count). The molecule has 0 aromatic heterocycles. The molecule has 0 spiro atoms. The highest BCUT2D eigenvalue weighted by atomic mass is 79.9. The lowest BCUT2D eigenvalue weighted by Crippen LogP contribution is -1.93. The van der Waals surface area contributed by atoms with Crippen LogP contribution in [0.1, 0.15) is 37.6 Å². The zero-order valence-corrected chi connectivity index (χ0v) is 12.3. The molecule has 16 heavy (non-hydrogen) atoms. The van der Waals surface area contributed by atoms with Crippen LogP contribution in [0, 0.1) is 5.92 Å². The summed E-state index contributed by atoms with van der Waals surface area (Å²) in [6.45, 7) is 6.05. The van der Waals surface area contributed by atoms with E-state index in [1.54, 1.807) is 6.92 Å². The molecule has 1 nitrogen and oxygen atoms in total. The first-order valence-electron chi connectivity index (χ1n) is 5.44. The summed E-state index contributed by atoms with van der Waals surface area (Å²) in [5.41, 5.74) is 0.764. The van der Waals surface area contributed by atoms with Gasteiger partial charge in [-0.2, -0.15) is 0 Å². The van der Waals surface area contributed by atoms with Crippen molar-refractivity contribution >= 4 is 33.5 Å². The van der Waals surface area contributed by atoms with Crippen LogP contribution in [0.4, 0.5) is 0 Å². The molecular weight excluding hydrogens is 284 g/mol. The number of carbonyl (C=O) groups is 1. The summed E-state index contributed by atoms with van der Waals surface area (Å²) in [5, 5.41) is 0. The van der Waals surface area contributed by atoms with Crippen LogP contribution in [0.5, 0.6) is 0 Å². The predicted molar refractivity (Wildman–Crippen MR) is 74.3 cm³/mol. The second kappa shape index (κ2) is 6.45. The topological polar surface area (TPSA) is 17.1 Å². The molecule has 0 aliphatic heterocycles. The molecule has 3 heteroatoms. The van der Waals surface area contributed by atoms with Crippen LogP contribution < -0.4 is 0 Å². The number of rotatable bonds is 5. The van der Waals surface area contributed by atoms with Crippen molar-refractivity contribution in [3.8, 4) is 0 Å². The molecule has 1 aromatic carbocycles. The van der Waals surface area contributed by atoms with Crippen molar-refractivity contribution in [1.29, 1.82) is 0 Å². The predicted octanol–water partition coefficient (Wildman–Crippen LogP) is 4.79. The Morgan fingerprint density at radius 2 is 2.12 bits per heavy atom. The first-order valence-corrected chi connectivity index (χ1v) is 7.22. The first kappa shape index (κ1) is 13.8. The summed E-state index contributed by atoms with van der Waals surface area (Å²) in [6.07, 6.45) is 1.21. The minimum Gasteiger partial charge on any atom is -0.295 e. The molecule has 0 amide bonds. The lowest BCUT2D eigenvalue weighted by molar-refractivity contribution is 0.101. The first-order chi connectivity index (χ1) is 7.50. The molecule has 0 aliphatic rings. The van der Waals surface area contributed by atoms with Gasteiger partial charge < -0.3 is 0 Å². The van der Waals surface area contributed by atoms with Gasteiger partial charge in [-0.3, -0.25) is 4.79 Å². The van der Waals surface area contributed by atoms with Crippen molar-refractivity contribution in [2.75, 3.05) is 5.75 Å². The number of carbonyl (C=O) groups excluding carboxylic acids is 1. The van der Waals surface area contributed by atoms with Crippen LogP contribution in [0.2, 0.25) is 0 Å². The Balaban J connectivity index is 2.64. The van der Waals surface area contributed by atoms with Crippen molar-refractivity contribution in [2.24, 2.45) is 5.92 Å². The number of hydrogen-bond acceptors (Lipinski definition) is 2. The molecule has 0 heterocycles. The molecule has 0 unspecified atom stereocenters. The van der Waals surface area contributed by atoms with Gasteiger partial charge in [-0.25, -0.2) is 0 Å². The van der Waals surface area contributed by atoms with Crippen LogP contribution in [-0.2, 0) is 0 Å². The van der Waals surface area contributed by atoms with Crippen LogP contribution in [-0.4, -0.2) is 11.5 Å². The molecule has 0 saturated heterocycles. The Bertz CT molecular complexity index is 374. The molecule has 0 saturated carbocycles. The number of benzene rings is 1. The molecule has 0 N–H and O–H groups in total. The lowest BCUT2D eigenvalue weighted by Gasteiger charge is -2.07. The maximum atomic E-state index is 11.2. The highest BCUT2D eigenvalue weighted by molar-refractivity contribution is 9.10. The minimum atomic E-state index is 0.111. The fourth-order valence-electron chi connectivity index (χ4n) is 1.24. The summed E-state index contributed by atoms with van der Waals surface area (Å²) < 4.78 is 1.02. The standard InChI is InChI=1S/C13H17BrOS/c1-9(2)6-7-16-13-5-4-11(10(3)15)8-12(13)14/h4-5,8-9H,6-7H2,1-3H3. The number of ketones is 1. The van der Waals surface area contributed by atoms with Gasteiger partial charge in [0.05, 0.1) is 0 Å². The zero-order valence-electron chi connectivity index (χ0n) is 9.92. The SMILES string of the molecule is CC(=O)c1ccc(SCCC(C)C)c(Br)c1. The van der Waals surface area contributed by atoms with Gasteiger partial charge in [0.2, 0.25) is 0 Å². The molecule has 1 aromatic rings. The smallest absolute Gasteiger partial charge is 0.159 e. The third kappa shape index (κ3) is 4.30. The summed E-state index contributed by atoms with van der Waals surface area (Å²) in [7, 11) is 0. The number of Topliss-reactive ketones (excluding diaryl/α,β-unsaturated/α-hetero) is 1. The van der Waals surface area contributed by atoms with Gasteiger partial charge in [0.1, 0.15) is 0 Å². The largest absolute Gasteiger partial charge is 0.295 e. The number of halogens is 1. The van der Waals surface area contributed by atoms with E-state index < -0.39 is 0 Å². The van der Waals surface area contributed by atoms with Crippen molar-refractivity contribution in [3.63, 3.8) is 0 Å². The van der Waals surface area contributed by atoms with Gasteiger partial charge in [0, 0.05) is 14.9 Å². The van der Waals surface area contributed by atoms with Crippen LogP contribution in [0.15, 0.2) is 27.6 Å². The van der Waals surface area contributed by atoms with Gasteiger partial charge in [0.15, 0.2) is 5.78 Å². The van der Waals surface area contributed by atoms with E-state index in [4.69, 9.17) is 0 Å². The highest BCUT2D eigenvalue weighted by Crippen LogP contribution is 2.29. The van der Waals surface area contributed by atoms with E-state index >= 15 is 0 Å². The van der Waals surface area contributed by atoms with Gasteiger partial charge in [-0.15, -0.1) is 11.8 Å². The third-order valence-electron chi connectivity index (χ3n) is 2.29. The molecule has 88 valence electrons. The fraction of sp³-hybridized carbons (Fsp3) is 0.462. The van der Waals surface area contributed by atoms with Crippen LogP contribution in [0.3, 0.4) is 0 Å². The molecule has 0 radical (unpaired) electrons. The van der Waals surface area contributed by atoms with E-state index in [-0.39, 0.29) is 5.78 Å². The van der Waals surface area contributed by atoms with E-state index in [0.29, 0.717) is 0 Å². The molecule has 0 fully saturated rings. The van der Waals surface area contributed by atoms with Crippen LogP contribution in [0.25, 0.3) is 0 Å². The Kier molecular flexibility index (Phi) is 5.56. The Hall–Kier alpha value is -0.280. The summed E-state index contributed by atoms with van der Waals surface area (Å²) in [6, 6.07) is 5.82. The van der Waals surface area contributed by atoms with Crippen molar-refractivity contribution in [3.05, 3.63) is 28.2 Å². The second-order valence-corrected chi connectivity index (χ2v) is 6.22. The van der Waals surface area contributed by atoms with Crippen molar-refractivity contribution in [1.82, 2.24) is 0 Å². The van der Waals surface area contributed by atoms with Crippen molar-refractivity contribution in [2.45, 2.75) is 32.1 Å². The van der Waals surface area contributed by atoms with E-state index in [0.717, 1.165) is 21.7 Å². The Morgan fingerprint density at radius 1 is 1.44 bits per heavy atom. The quantitative estimate of drug-likeness (QED) is 0.574. The maximum absolute atomic E-state index is 11.2. The van der Waals surface area contributed by atoms with E-state index in [2.05, 4.69) is 29.8 Å². The zero-order chi connectivity index (χ0) is 12.1. The van der Waals surface area contributed by atoms with Crippen LogP contribution >= 0.6 is 27.7 Å². The molecule has 0 aliphatic carbocycles. The van der Waals surface area contributed by atoms with E-state index in [1.807, 2.05) is 30.0 Å². The summed E-state index contributed by atoms with van der Waals surface area (Å²) in [5.74, 6) is 1.97. The fourth-order valence-corrected chi connectivity index (χ4v) is 3.13. The number of thioether (sulfide) groups is 1. The third-order valence-corrected chi connectivity index (χ3v) is 4.32. The monoisotopic (exact) mass is 300 g/mol. The van der Waals surface area contributed by atoms with E-state index in [9.17, 15) is 4.79 Å². The van der Waals surface area contributed by atoms with Gasteiger partial charge in [0.25, 0.3) is 0 Å². The van der Waals surface area contributed by atoms with Gasteiger partial charge in [-0.05, 0) is 53.1 Å². The summed E-state index contributed by atoms with van der Waals surface area (Å²) in [4.78, 5) is 12.4. The van der Waals surface area contributed by atoms with E-state index in [1.165, 1.54) is 11.3 Å². The normalized spacial score (nSPS) is 10.8. The number of hydrogen-bond donors (Lipinski definition) is 0. The maximum Gasteiger partial charge on any atom is 0.159 e. The molecular formula is C13H17BrOS. The highest BCUT2D eigenvalue weighted by Gasteiger charge is 2.05. The average Bonchev–Trinajstić information content (AvgIpc) is 2.19. The minimum absolute atomic E-state index is 0.111. The lowest BCUT2D eigenvalue weighted by atomic mass is 10.2. The summed E-state index contributed by atoms with van der Waals surface area (Å²) >= 11 is 5.35. The molecule has 0 atom stereocenters. The average molecular weight is 301 g/mol. The van der Waals surface area contributed by atoms with Crippen molar-refractivity contribution < 1.29 is 4.79 Å².